The minimum atomic E-state index is 0.142. The first-order chi connectivity index (χ1) is 12.4. The molecule has 25 heavy (non-hydrogen) atoms. The molecule has 2 atom stereocenters. The number of hydrogen-bond acceptors (Lipinski definition) is 5. The summed E-state index contributed by atoms with van der Waals surface area (Å²) in [6, 6.07) is 6.66. The first-order valence-electron chi connectivity index (χ1n) is 9.77. The summed E-state index contributed by atoms with van der Waals surface area (Å²) in [5.74, 6) is 0. The lowest BCUT2D eigenvalue weighted by molar-refractivity contribution is -0.163. The van der Waals surface area contributed by atoms with Crippen molar-refractivity contribution in [1.82, 2.24) is 9.88 Å². The second-order valence-electron chi connectivity index (χ2n) is 7.74. The zero-order valence-corrected chi connectivity index (χ0v) is 15.1. The van der Waals surface area contributed by atoms with E-state index in [0.717, 1.165) is 70.9 Å². The summed E-state index contributed by atoms with van der Waals surface area (Å²) >= 11 is 0. The third-order valence-electron chi connectivity index (χ3n) is 6.09. The van der Waals surface area contributed by atoms with Gasteiger partial charge in [0.25, 0.3) is 0 Å². The molecule has 5 nitrogen and oxygen atoms in total. The van der Waals surface area contributed by atoms with Gasteiger partial charge in [-0.3, -0.25) is 9.88 Å². The van der Waals surface area contributed by atoms with Crippen molar-refractivity contribution in [1.29, 1.82) is 0 Å². The lowest BCUT2D eigenvalue weighted by Crippen LogP contribution is -2.59. The molecule has 0 spiro atoms. The van der Waals surface area contributed by atoms with E-state index in [2.05, 4.69) is 9.88 Å². The van der Waals surface area contributed by atoms with Gasteiger partial charge in [0.05, 0.1) is 25.0 Å². The van der Waals surface area contributed by atoms with E-state index >= 15 is 0 Å². The Kier molecular flexibility index (Phi) is 5.66. The number of fused-ring (bicyclic) bond motifs is 1. The molecule has 4 heterocycles. The van der Waals surface area contributed by atoms with Gasteiger partial charge in [-0.05, 0) is 44.2 Å². The minimum Gasteiger partial charge on any atom is -0.381 e. The smallest absolute Gasteiger partial charge is 0.0888 e. The van der Waals surface area contributed by atoms with Crippen LogP contribution in [0.4, 0.5) is 0 Å². The van der Waals surface area contributed by atoms with Crippen molar-refractivity contribution in [2.75, 3.05) is 39.5 Å². The maximum absolute atomic E-state index is 6.18. The predicted octanol–water partition coefficient (Wildman–Crippen LogP) is 2.65. The van der Waals surface area contributed by atoms with Gasteiger partial charge < -0.3 is 14.2 Å². The molecule has 1 aromatic heterocycles. The maximum atomic E-state index is 6.18. The van der Waals surface area contributed by atoms with E-state index < -0.39 is 0 Å². The zero-order valence-electron chi connectivity index (χ0n) is 15.1. The fourth-order valence-corrected chi connectivity index (χ4v) is 4.74. The summed E-state index contributed by atoms with van der Waals surface area (Å²) in [6.07, 6.45) is 7.99. The highest BCUT2D eigenvalue weighted by molar-refractivity contribution is 5.02. The van der Waals surface area contributed by atoms with Gasteiger partial charge in [0.2, 0.25) is 0 Å². The molecule has 3 saturated heterocycles. The number of piperidine rings is 1. The molecule has 4 rings (SSSR count). The minimum absolute atomic E-state index is 0.142. The van der Waals surface area contributed by atoms with E-state index in [1.54, 1.807) is 0 Å². The molecule has 3 fully saturated rings. The van der Waals surface area contributed by atoms with Crippen molar-refractivity contribution in [2.24, 2.45) is 5.41 Å². The van der Waals surface area contributed by atoms with Gasteiger partial charge in [-0.1, -0.05) is 6.07 Å². The lowest BCUT2D eigenvalue weighted by Gasteiger charge is -2.52. The highest BCUT2D eigenvalue weighted by atomic mass is 16.5. The molecule has 138 valence electrons. The molecule has 3 aliphatic rings. The lowest BCUT2D eigenvalue weighted by atomic mass is 9.72. The Balaban J connectivity index is 1.40. The number of rotatable bonds is 5. The topological polar surface area (TPSA) is 43.8 Å². The summed E-state index contributed by atoms with van der Waals surface area (Å²) in [5, 5.41) is 0. The van der Waals surface area contributed by atoms with Crippen molar-refractivity contribution in [3.63, 3.8) is 0 Å². The van der Waals surface area contributed by atoms with Crippen LogP contribution in [0.2, 0.25) is 0 Å². The summed E-state index contributed by atoms with van der Waals surface area (Å²) in [6.45, 7) is 6.33. The fourth-order valence-electron chi connectivity index (χ4n) is 4.74. The average molecular weight is 346 g/mol. The largest absolute Gasteiger partial charge is 0.381 e. The molecule has 5 heteroatoms. The Bertz CT molecular complexity index is 535. The third kappa shape index (κ3) is 4.05. The number of nitrogens with zero attached hydrogens (tertiary/aromatic N) is 2. The van der Waals surface area contributed by atoms with Gasteiger partial charge in [-0.2, -0.15) is 0 Å². The van der Waals surface area contributed by atoms with Crippen LogP contribution >= 0.6 is 0 Å². The van der Waals surface area contributed by atoms with Gasteiger partial charge >= 0.3 is 0 Å². The fraction of sp³-hybridized carbons (Fsp3) is 0.750. The molecule has 0 aromatic carbocycles. The number of likely N-dealkylation sites (tertiary alicyclic amines) is 1. The molecule has 0 amide bonds. The summed E-state index contributed by atoms with van der Waals surface area (Å²) in [4.78, 5) is 7.06. The highest BCUT2D eigenvalue weighted by Crippen LogP contribution is 2.41. The first-order valence-corrected chi connectivity index (χ1v) is 9.77. The zero-order chi connectivity index (χ0) is 17.0. The van der Waals surface area contributed by atoms with Crippen LogP contribution in [0.25, 0.3) is 0 Å². The monoisotopic (exact) mass is 346 g/mol. The second-order valence-corrected chi connectivity index (χ2v) is 7.74. The van der Waals surface area contributed by atoms with Gasteiger partial charge in [0.15, 0.2) is 0 Å². The maximum Gasteiger partial charge on any atom is 0.0888 e. The van der Waals surface area contributed by atoms with E-state index in [4.69, 9.17) is 14.2 Å². The molecule has 0 bridgehead atoms. The standard InChI is InChI=1S/C20H30N2O3/c1-2-9-21-17(4-1)14-24-16-20-8-3-11-25-19(20)5-10-22(15-20)18-6-12-23-13-7-18/h1-2,4,9,18-19H,3,5-8,10-16H2/t19-,20-/m1/s1. The summed E-state index contributed by atoms with van der Waals surface area (Å²) in [7, 11) is 0. The van der Waals surface area contributed by atoms with Gasteiger partial charge in [0.1, 0.15) is 0 Å². The van der Waals surface area contributed by atoms with Crippen LogP contribution in [0.15, 0.2) is 24.4 Å². The molecular weight excluding hydrogens is 316 g/mol. The number of pyridine rings is 1. The van der Waals surface area contributed by atoms with E-state index in [1.807, 2.05) is 24.4 Å². The van der Waals surface area contributed by atoms with Crippen LogP contribution in [-0.2, 0) is 20.8 Å². The van der Waals surface area contributed by atoms with Crippen LogP contribution in [-0.4, -0.2) is 61.5 Å². The Hall–Kier alpha value is -1.01. The molecule has 1 aromatic rings. The number of hydrogen-bond donors (Lipinski definition) is 0. The van der Waals surface area contributed by atoms with Crippen LogP contribution < -0.4 is 0 Å². The Labute approximate surface area is 150 Å². The second kappa shape index (κ2) is 8.12. The summed E-state index contributed by atoms with van der Waals surface area (Å²) in [5.41, 5.74) is 1.15. The normalized spacial score (nSPS) is 31.6. The van der Waals surface area contributed by atoms with Crippen LogP contribution in [0.1, 0.15) is 37.8 Å². The van der Waals surface area contributed by atoms with Crippen molar-refractivity contribution in [2.45, 2.75) is 50.9 Å². The van der Waals surface area contributed by atoms with E-state index in [9.17, 15) is 0 Å². The van der Waals surface area contributed by atoms with Crippen molar-refractivity contribution in [3.05, 3.63) is 30.1 Å². The van der Waals surface area contributed by atoms with Crippen molar-refractivity contribution in [3.8, 4) is 0 Å². The SMILES string of the molecule is c1ccc(COC[C@]23CCCO[C@@H]2CCN(C2CCOCC2)C3)nc1. The molecule has 3 aliphatic heterocycles. The molecule has 0 radical (unpaired) electrons. The van der Waals surface area contributed by atoms with Crippen molar-refractivity contribution >= 4 is 0 Å². The Morgan fingerprint density at radius 1 is 1.20 bits per heavy atom. The molecular formula is C20H30N2O3. The predicted molar refractivity (Wildman–Crippen MR) is 95.3 cm³/mol. The number of aromatic nitrogens is 1. The van der Waals surface area contributed by atoms with E-state index in [1.165, 1.54) is 6.42 Å². The molecule has 0 unspecified atom stereocenters. The number of ether oxygens (including phenoxy) is 3. The van der Waals surface area contributed by atoms with E-state index in [0.29, 0.717) is 18.8 Å². The van der Waals surface area contributed by atoms with Gasteiger partial charge in [-0.15, -0.1) is 0 Å². The quantitative estimate of drug-likeness (QED) is 0.820. The highest BCUT2D eigenvalue weighted by Gasteiger charge is 2.47. The Morgan fingerprint density at radius 2 is 2.12 bits per heavy atom. The first kappa shape index (κ1) is 17.4. The average Bonchev–Trinajstić information content (AvgIpc) is 2.69. The molecule has 0 saturated carbocycles. The van der Waals surface area contributed by atoms with E-state index in [-0.39, 0.29) is 5.41 Å². The van der Waals surface area contributed by atoms with Gasteiger partial charge in [-0.25, -0.2) is 0 Å². The van der Waals surface area contributed by atoms with Crippen LogP contribution in [0, 0.1) is 5.41 Å². The Morgan fingerprint density at radius 3 is 2.96 bits per heavy atom. The van der Waals surface area contributed by atoms with Crippen molar-refractivity contribution < 1.29 is 14.2 Å². The summed E-state index contributed by atoms with van der Waals surface area (Å²) < 4.78 is 17.9. The molecule has 0 aliphatic carbocycles. The van der Waals surface area contributed by atoms with Crippen LogP contribution in [0.5, 0.6) is 0 Å². The third-order valence-corrected chi connectivity index (χ3v) is 6.09. The molecule has 0 N–H and O–H groups in total. The van der Waals surface area contributed by atoms with Crippen LogP contribution in [0.3, 0.4) is 0 Å². The van der Waals surface area contributed by atoms with Gasteiger partial charge in [0, 0.05) is 50.6 Å².